The van der Waals surface area contributed by atoms with E-state index in [2.05, 4.69) is 5.32 Å². The van der Waals surface area contributed by atoms with E-state index < -0.39 is 18.5 Å². The number of esters is 1. The zero-order chi connectivity index (χ0) is 22.1. The van der Waals surface area contributed by atoms with Gasteiger partial charge in [0.2, 0.25) is 5.75 Å². The normalized spacial score (nSPS) is 10.2. The number of hydrogen-bond acceptors (Lipinski definition) is 7. The summed E-state index contributed by atoms with van der Waals surface area (Å²) in [4.78, 5) is 23.8. The van der Waals surface area contributed by atoms with E-state index in [1.807, 2.05) is 26.0 Å². The van der Waals surface area contributed by atoms with Crippen molar-refractivity contribution in [3.05, 3.63) is 47.0 Å². The Morgan fingerprint density at radius 1 is 0.867 bits per heavy atom. The number of carbonyl (C=O) groups is 2. The molecule has 0 aliphatic heterocycles. The molecular formula is C22H27NO7. The van der Waals surface area contributed by atoms with Crippen molar-refractivity contribution in [1.29, 1.82) is 0 Å². The molecule has 0 unspecified atom stereocenters. The van der Waals surface area contributed by atoms with Crippen LogP contribution in [-0.2, 0) is 20.9 Å². The molecule has 30 heavy (non-hydrogen) atoms. The fourth-order valence-electron chi connectivity index (χ4n) is 2.77. The Labute approximate surface area is 176 Å². The second-order valence-electron chi connectivity index (χ2n) is 6.53. The van der Waals surface area contributed by atoms with Crippen LogP contribution in [0.5, 0.6) is 23.0 Å². The molecule has 0 spiro atoms. The van der Waals surface area contributed by atoms with Gasteiger partial charge in [-0.05, 0) is 43.2 Å². The third-order valence-corrected chi connectivity index (χ3v) is 4.25. The Morgan fingerprint density at radius 2 is 1.53 bits per heavy atom. The van der Waals surface area contributed by atoms with Crippen molar-refractivity contribution in [2.75, 3.05) is 34.5 Å². The molecule has 0 aliphatic carbocycles. The predicted molar refractivity (Wildman–Crippen MR) is 110 cm³/mol. The average Bonchev–Trinajstić information content (AvgIpc) is 2.74. The first kappa shape index (κ1) is 22.9. The van der Waals surface area contributed by atoms with Gasteiger partial charge in [-0.1, -0.05) is 17.7 Å². The molecule has 0 saturated carbocycles. The molecule has 8 heteroatoms. The van der Waals surface area contributed by atoms with Crippen molar-refractivity contribution in [2.45, 2.75) is 20.4 Å². The topological polar surface area (TPSA) is 92.3 Å². The highest BCUT2D eigenvalue weighted by molar-refractivity contribution is 5.81. The molecule has 2 rings (SSSR count). The van der Waals surface area contributed by atoms with Gasteiger partial charge in [-0.3, -0.25) is 4.79 Å². The Hall–Kier alpha value is -3.42. The van der Waals surface area contributed by atoms with E-state index in [0.29, 0.717) is 23.0 Å². The summed E-state index contributed by atoms with van der Waals surface area (Å²) in [7, 11) is 4.54. The minimum Gasteiger partial charge on any atom is -0.493 e. The Kier molecular flexibility index (Phi) is 8.34. The summed E-state index contributed by atoms with van der Waals surface area (Å²) in [6, 6.07) is 9.10. The number of ether oxygens (including phenoxy) is 5. The monoisotopic (exact) mass is 417 g/mol. The van der Waals surface area contributed by atoms with Gasteiger partial charge in [0.05, 0.1) is 21.3 Å². The standard InChI is InChI=1S/C22H27NO7/c1-14-6-7-17(15(2)8-14)29-13-21(25)30-12-20(24)23-11-16-9-18(26-3)22(28-5)19(10-16)27-4/h6-10H,11-13H2,1-5H3,(H,23,24). The van der Waals surface area contributed by atoms with Gasteiger partial charge >= 0.3 is 5.97 Å². The summed E-state index contributed by atoms with van der Waals surface area (Å²) in [6.45, 7) is 3.39. The van der Waals surface area contributed by atoms with E-state index in [1.54, 1.807) is 18.2 Å². The van der Waals surface area contributed by atoms with Crippen LogP contribution >= 0.6 is 0 Å². The Bertz CT molecular complexity index is 870. The van der Waals surface area contributed by atoms with Crippen LogP contribution in [0.1, 0.15) is 16.7 Å². The van der Waals surface area contributed by atoms with Crippen LogP contribution < -0.4 is 24.3 Å². The maximum atomic E-state index is 12.0. The molecule has 2 aromatic rings. The van der Waals surface area contributed by atoms with Gasteiger partial charge in [-0.15, -0.1) is 0 Å². The maximum Gasteiger partial charge on any atom is 0.344 e. The lowest BCUT2D eigenvalue weighted by molar-refractivity contribution is -0.150. The van der Waals surface area contributed by atoms with Gasteiger partial charge in [0, 0.05) is 6.54 Å². The molecule has 1 amide bonds. The summed E-state index contributed by atoms with van der Waals surface area (Å²) in [5.41, 5.74) is 2.76. The molecule has 0 saturated heterocycles. The fourth-order valence-corrected chi connectivity index (χ4v) is 2.77. The summed E-state index contributed by atoms with van der Waals surface area (Å²) in [6.07, 6.45) is 0. The summed E-state index contributed by atoms with van der Waals surface area (Å²) in [5.74, 6) is 0.964. The van der Waals surface area contributed by atoms with Crippen LogP contribution in [0, 0.1) is 13.8 Å². The van der Waals surface area contributed by atoms with Crippen molar-refractivity contribution in [3.63, 3.8) is 0 Å². The number of hydrogen-bond donors (Lipinski definition) is 1. The first-order valence-corrected chi connectivity index (χ1v) is 9.29. The summed E-state index contributed by atoms with van der Waals surface area (Å²) in [5, 5.41) is 2.67. The van der Waals surface area contributed by atoms with E-state index in [1.165, 1.54) is 21.3 Å². The molecule has 0 bridgehead atoms. The summed E-state index contributed by atoms with van der Waals surface area (Å²) < 4.78 is 26.2. The summed E-state index contributed by atoms with van der Waals surface area (Å²) >= 11 is 0. The number of benzene rings is 2. The largest absolute Gasteiger partial charge is 0.493 e. The smallest absolute Gasteiger partial charge is 0.344 e. The Morgan fingerprint density at radius 3 is 2.10 bits per heavy atom. The Balaban J connectivity index is 1.81. The van der Waals surface area contributed by atoms with Crippen molar-refractivity contribution in [2.24, 2.45) is 0 Å². The third kappa shape index (κ3) is 6.30. The van der Waals surface area contributed by atoms with Gasteiger partial charge in [0.15, 0.2) is 24.7 Å². The number of methoxy groups -OCH3 is 3. The first-order chi connectivity index (χ1) is 14.4. The van der Waals surface area contributed by atoms with Crippen LogP contribution in [0.25, 0.3) is 0 Å². The van der Waals surface area contributed by atoms with E-state index in [9.17, 15) is 9.59 Å². The van der Waals surface area contributed by atoms with Crippen LogP contribution in [0.4, 0.5) is 0 Å². The number of carbonyl (C=O) groups excluding carboxylic acids is 2. The molecule has 2 aromatic carbocycles. The molecule has 0 heterocycles. The van der Waals surface area contributed by atoms with E-state index in [-0.39, 0.29) is 13.2 Å². The fraction of sp³-hybridized carbons (Fsp3) is 0.364. The SMILES string of the molecule is COc1cc(CNC(=O)COC(=O)COc2ccc(C)cc2C)cc(OC)c1OC. The second-order valence-corrected chi connectivity index (χ2v) is 6.53. The van der Waals surface area contributed by atoms with Crippen LogP contribution in [-0.4, -0.2) is 46.4 Å². The zero-order valence-corrected chi connectivity index (χ0v) is 17.9. The van der Waals surface area contributed by atoms with Gasteiger partial charge in [0.25, 0.3) is 5.91 Å². The van der Waals surface area contributed by atoms with Gasteiger partial charge in [0.1, 0.15) is 5.75 Å². The highest BCUT2D eigenvalue weighted by atomic mass is 16.6. The minimum absolute atomic E-state index is 0.201. The second kappa shape index (κ2) is 10.9. The van der Waals surface area contributed by atoms with Crippen LogP contribution in [0.3, 0.4) is 0 Å². The molecule has 0 fully saturated rings. The lowest BCUT2D eigenvalue weighted by Gasteiger charge is -2.14. The molecule has 1 N–H and O–H groups in total. The molecular weight excluding hydrogens is 390 g/mol. The van der Waals surface area contributed by atoms with Gasteiger partial charge in [-0.25, -0.2) is 4.79 Å². The number of rotatable bonds is 10. The quantitative estimate of drug-likeness (QED) is 0.594. The maximum absolute atomic E-state index is 12.0. The number of aryl methyl sites for hydroxylation is 2. The van der Waals surface area contributed by atoms with Crippen LogP contribution in [0.15, 0.2) is 30.3 Å². The molecule has 162 valence electrons. The van der Waals surface area contributed by atoms with E-state index >= 15 is 0 Å². The highest BCUT2D eigenvalue weighted by Crippen LogP contribution is 2.38. The molecule has 8 nitrogen and oxygen atoms in total. The number of amides is 1. The van der Waals surface area contributed by atoms with E-state index in [0.717, 1.165) is 16.7 Å². The first-order valence-electron chi connectivity index (χ1n) is 9.29. The zero-order valence-electron chi connectivity index (χ0n) is 17.9. The average molecular weight is 417 g/mol. The minimum atomic E-state index is -0.627. The lowest BCUT2D eigenvalue weighted by Crippen LogP contribution is -2.29. The highest BCUT2D eigenvalue weighted by Gasteiger charge is 2.14. The third-order valence-electron chi connectivity index (χ3n) is 4.25. The van der Waals surface area contributed by atoms with E-state index in [4.69, 9.17) is 23.7 Å². The molecule has 0 atom stereocenters. The van der Waals surface area contributed by atoms with Gasteiger partial charge in [-0.2, -0.15) is 0 Å². The molecule has 0 aromatic heterocycles. The predicted octanol–water partition coefficient (Wildman–Crippen LogP) is 2.57. The van der Waals surface area contributed by atoms with Crippen molar-refractivity contribution < 1.29 is 33.3 Å². The molecule has 0 aliphatic rings. The molecule has 0 radical (unpaired) electrons. The van der Waals surface area contributed by atoms with Crippen molar-refractivity contribution in [1.82, 2.24) is 5.32 Å². The van der Waals surface area contributed by atoms with Crippen molar-refractivity contribution >= 4 is 11.9 Å². The van der Waals surface area contributed by atoms with Crippen LogP contribution in [0.2, 0.25) is 0 Å². The lowest BCUT2D eigenvalue weighted by atomic mass is 10.1. The number of nitrogens with one attached hydrogen (secondary N) is 1. The van der Waals surface area contributed by atoms with Gasteiger partial charge < -0.3 is 29.0 Å². The van der Waals surface area contributed by atoms with Crippen molar-refractivity contribution in [3.8, 4) is 23.0 Å².